The summed E-state index contributed by atoms with van der Waals surface area (Å²) in [5.74, 6) is 7.58. The van der Waals surface area contributed by atoms with Crippen molar-refractivity contribution in [2.24, 2.45) is 35.7 Å². The molecule has 32 heteroatoms. The SMILES string of the molecule is Cc1cc(C(=O)N2CCCC[C@H]2c2cc3nc(N4CC[C@H](C)C4)c(C)cn3n2)n[nH]1.Cc1cc(C(=O)N2CCCC[C@H]2c2cc3nc(N4CC[C@H](C)C4)c(C)cn3n2)no1.Cc1cn2nc([C@@H]3CCCCN3C(=O)C3OC=NC3C)cc2nc1N1CC[C@H](C)C1.Cc1cn2nc([C@@H]3CCCCN3C(=O)c3ccnn3C)cc2nc1N1CC[C@H](C)C1. The van der Waals surface area contributed by atoms with E-state index in [1.54, 1.807) is 29.9 Å². The van der Waals surface area contributed by atoms with Crippen LogP contribution in [-0.4, -0.2) is 224 Å². The molecule has 120 heavy (non-hydrogen) atoms. The second kappa shape index (κ2) is 34.4. The molecule has 8 fully saturated rings. The van der Waals surface area contributed by atoms with Crippen LogP contribution in [0.1, 0.15) is 249 Å². The molecule has 0 spiro atoms. The smallest absolute Gasteiger partial charge is 0.276 e. The number of likely N-dealkylation sites (tertiary alicyclic amines) is 4. The van der Waals surface area contributed by atoms with E-state index in [1.807, 2.05) is 76.8 Å². The Morgan fingerprint density at radius 2 is 0.792 bits per heavy atom. The van der Waals surface area contributed by atoms with Crippen LogP contribution in [0.3, 0.4) is 0 Å². The highest BCUT2D eigenvalue weighted by atomic mass is 16.5. The van der Waals surface area contributed by atoms with Crippen LogP contribution in [0.5, 0.6) is 0 Å². The van der Waals surface area contributed by atoms with Gasteiger partial charge in [-0.05, 0) is 187 Å². The molecule has 8 saturated heterocycles. The lowest BCUT2D eigenvalue weighted by molar-refractivity contribution is -0.143. The molecule has 0 aromatic carbocycles. The predicted octanol–water partition coefficient (Wildman–Crippen LogP) is 12.6. The number of nitrogens with zero attached hydrogens (tertiary/aromatic N) is 25. The number of carbonyl (C=O) groups excluding carboxylic acids is 4. The number of nitrogens with one attached hydrogen (secondary N) is 1. The van der Waals surface area contributed by atoms with Gasteiger partial charge in [-0.2, -0.15) is 30.6 Å². The lowest BCUT2D eigenvalue weighted by Crippen LogP contribution is -2.46. The molecule has 0 bridgehead atoms. The molecule has 9 aliphatic rings. The van der Waals surface area contributed by atoms with Gasteiger partial charge in [0.05, 0.1) is 53.0 Å². The first-order valence-electron chi connectivity index (χ1n) is 43.8. The fourth-order valence-corrected chi connectivity index (χ4v) is 19.3. The van der Waals surface area contributed by atoms with Crippen molar-refractivity contribution < 1.29 is 28.4 Å². The second-order valence-corrected chi connectivity index (χ2v) is 35.6. The van der Waals surface area contributed by atoms with E-state index in [0.717, 1.165) is 246 Å². The van der Waals surface area contributed by atoms with Crippen LogP contribution in [0.2, 0.25) is 0 Å². The summed E-state index contributed by atoms with van der Waals surface area (Å²) < 4.78 is 19.7. The molecular weight excluding hydrogens is 1520 g/mol. The van der Waals surface area contributed by atoms with Crippen molar-refractivity contribution in [1.82, 2.24) is 103 Å². The number of aromatic nitrogens is 17. The molecule has 10 atom stereocenters. The molecule has 20 rings (SSSR count). The molecular formula is C88H116N26O6. The molecule has 4 amide bonds. The van der Waals surface area contributed by atoms with E-state index in [0.29, 0.717) is 53.1 Å². The van der Waals surface area contributed by atoms with Gasteiger partial charge >= 0.3 is 0 Å². The molecule has 11 aromatic heterocycles. The van der Waals surface area contributed by atoms with Gasteiger partial charge in [-0.15, -0.1) is 0 Å². The van der Waals surface area contributed by atoms with Crippen molar-refractivity contribution >= 4 is 75.9 Å². The Labute approximate surface area is 700 Å². The number of hydrogen-bond acceptors (Lipinski definition) is 22. The lowest BCUT2D eigenvalue weighted by atomic mass is 9.98. The minimum atomic E-state index is -0.522. The number of hydrogen-bond donors (Lipinski definition) is 1. The van der Waals surface area contributed by atoms with E-state index in [2.05, 4.69) is 137 Å². The zero-order valence-electron chi connectivity index (χ0n) is 71.7. The van der Waals surface area contributed by atoms with Crippen molar-refractivity contribution in [3.8, 4) is 0 Å². The van der Waals surface area contributed by atoms with E-state index in [-0.39, 0.29) is 53.8 Å². The standard InChI is InChI=1S/2C22H29N7O.C22H28N6O2.C22H30N6O2/c1-15-8-11-27(13-15)21-16(2)14-29-20(24-21)12-17(25-29)18-6-4-5-10-28(18)22(30)19-7-9-23-26(19)3;1-14-7-9-27(12-14)21-15(2)13-29-20(23-21)11-17(26-29)19-6-4-5-8-28(19)22(30)18-10-16(3)24-25-18;1-14-7-9-26(12-14)21-15(2)13-28-20(23-21)11-17(24-28)19-6-4-5-8-27(19)22(29)18-10-16(3)30-25-18;1-14-7-9-26(11-14)21-15(2)12-28-19(24-21)10-17(25-28)18-6-4-5-8-27(18)22(29)20-16(3)23-13-30-20/h7,9,12,14-15,18H,4-6,8,10-11,13H2,1-3H3;10-11,13-14,19H,4-9,12H2,1-3H3,(H,24,25);10-11,13-14,19H,4-9,12H2,1-3H3;10,12-14,16,18,20H,4-9,11H2,1-3H3/t15-,18-;2*14-,19-;14-,16?,18-,20?/m0000/s1. The van der Waals surface area contributed by atoms with Crippen molar-refractivity contribution in [3.63, 3.8) is 0 Å². The second-order valence-electron chi connectivity index (χ2n) is 35.6. The number of aliphatic imine (C=N–C) groups is 1. The van der Waals surface area contributed by atoms with Gasteiger partial charge in [-0.1, -0.05) is 32.9 Å². The zero-order chi connectivity index (χ0) is 83.3. The average molecular weight is 1630 g/mol. The van der Waals surface area contributed by atoms with E-state index < -0.39 is 6.10 Å². The Morgan fingerprint density at radius 3 is 1.11 bits per heavy atom. The summed E-state index contributed by atoms with van der Waals surface area (Å²) in [5.41, 5.74) is 13.9. The fourth-order valence-electron chi connectivity index (χ4n) is 19.3. The van der Waals surface area contributed by atoms with E-state index in [1.165, 1.54) is 32.1 Å². The molecule has 11 aromatic rings. The minimum Gasteiger partial charge on any atom is -0.468 e. The van der Waals surface area contributed by atoms with Crippen LogP contribution >= 0.6 is 0 Å². The lowest BCUT2D eigenvalue weighted by Gasteiger charge is -2.36. The third kappa shape index (κ3) is 16.7. The highest BCUT2D eigenvalue weighted by molar-refractivity contribution is 5.94. The predicted molar refractivity (Wildman–Crippen MR) is 457 cm³/mol. The number of amides is 4. The first-order valence-corrected chi connectivity index (χ1v) is 43.8. The number of carbonyl (C=O) groups is 4. The van der Waals surface area contributed by atoms with Gasteiger partial charge in [0.1, 0.15) is 40.4 Å². The Morgan fingerprint density at radius 1 is 0.425 bits per heavy atom. The summed E-state index contributed by atoms with van der Waals surface area (Å²) >= 11 is 0. The van der Waals surface area contributed by atoms with Gasteiger partial charge in [0, 0.05) is 175 Å². The summed E-state index contributed by atoms with van der Waals surface area (Å²) in [5, 5.41) is 34.4. The Kier molecular flexibility index (Phi) is 23.2. The molecule has 32 nitrogen and oxygen atoms in total. The highest BCUT2D eigenvalue weighted by Gasteiger charge is 2.41. The van der Waals surface area contributed by atoms with Crippen LogP contribution < -0.4 is 19.6 Å². The third-order valence-electron chi connectivity index (χ3n) is 25.8. The van der Waals surface area contributed by atoms with E-state index >= 15 is 0 Å². The molecule has 1 N–H and O–H groups in total. The molecule has 2 unspecified atom stereocenters. The maximum atomic E-state index is 13.2. The van der Waals surface area contributed by atoms with Crippen LogP contribution in [-0.2, 0) is 16.6 Å². The first-order chi connectivity index (χ1) is 58.0. The number of aryl methyl sites for hydroxylation is 7. The largest absolute Gasteiger partial charge is 0.468 e. The molecule has 0 aliphatic carbocycles. The highest BCUT2D eigenvalue weighted by Crippen LogP contribution is 2.40. The summed E-state index contributed by atoms with van der Waals surface area (Å²) in [4.78, 5) is 93.8. The normalized spacial score (nSPS) is 23.9. The van der Waals surface area contributed by atoms with Crippen LogP contribution in [0.15, 0.2) is 83.0 Å². The van der Waals surface area contributed by atoms with E-state index in [9.17, 15) is 19.2 Å². The number of H-pyrrole nitrogens is 1. The quantitative estimate of drug-likeness (QED) is 0.119. The zero-order valence-corrected chi connectivity index (χ0v) is 71.7. The summed E-state index contributed by atoms with van der Waals surface area (Å²) in [6, 6.07) is 13.2. The van der Waals surface area contributed by atoms with Crippen molar-refractivity contribution in [3.05, 3.63) is 147 Å². The molecule has 0 radical (unpaired) electrons. The minimum absolute atomic E-state index is 0.0117. The maximum Gasteiger partial charge on any atom is 0.276 e. The summed E-state index contributed by atoms with van der Waals surface area (Å²) in [6.07, 6.45) is 27.6. The van der Waals surface area contributed by atoms with Gasteiger partial charge in [-0.3, -0.25) is 34.0 Å². The number of piperidine rings is 4. The summed E-state index contributed by atoms with van der Waals surface area (Å²) in [6.45, 7) is 34.5. The number of ether oxygens (including phenoxy) is 1. The fraction of sp³-hybridized carbons (Fsp3) is 0.568. The maximum absolute atomic E-state index is 13.2. The van der Waals surface area contributed by atoms with Crippen molar-refractivity contribution in [2.75, 3.05) is 98.1 Å². The molecule has 0 saturated carbocycles. The Balaban J connectivity index is 0.000000114. The molecule has 9 aliphatic heterocycles. The molecule has 20 heterocycles. The van der Waals surface area contributed by atoms with Crippen LogP contribution in [0.25, 0.3) is 22.6 Å². The third-order valence-corrected chi connectivity index (χ3v) is 25.8. The number of aromatic amines is 1. The molecule has 634 valence electrons. The number of fused-ring (bicyclic) bond motifs is 4. The van der Waals surface area contributed by atoms with Gasteiger partial charge in [0.25, 0.3) is 23.6 Å². The monoisotopic (exact) mass is 1630 g/mol. The first kappa shape index (κ1) is 81.0. The number of anilines is 4. The van der Waals surface area contributed by atoms with Gasteiger partial charge in [0.2, 0.25) is 0 Å². The topological polar surface area (TPSA) is 309 Å². The van der Waals surface area contributed by atoms with Crippen LogP contribution in [0.4, 0.5) is 23.3 Å². The summed E-state index contributed by atoms with van der Waals surface area (Å²) in [7, 11) is 1.81. The van der Waals surface area contributed by atoms with Crippen LogP contribution in [0, 0.1) is 65.2 Å². The van der Waals surface area contributed by atoms with E-state index in [4.69, 9.17) is 49.6 Å². The average Bonchev–Trinajstić information content (AvgIpc) is 1.64. The Bertz CT molecular complexity index is 5420. The van der Waals surface area contributed by atoms with Gasteiger partial charge in [-0.25, -0.2) is 38.0 Å². The van der Waals surface area contributed by atoms with Gasteiger partial charge < -0.3 is 48.5 Å². The number of rotatable bonds is 12. The van der Waals surface area contributed by atoms with Crippen molar-refractivity contribution in [2.45, 2.75) is 215 Å². The van der Waals surface area contributed by atoms with Crippen molar-refractivity contribution in [1.29, 1.82) is 0 Å². The van der Waals surface area contributed by atoms with Gasteiger partial charge in [0.15, 0.2) is 40.8 Å². The Hall–Kier alpha value is -11.3.